The molecular formula is C105H104Cl8N20O13. The van der Waals surface area contributed by atoms with Gasteiger partial charge in [0, 0.05) is 179 Å². The number of pyridine rings is 6. The van der Waals surface area contributed by atoms with Crippen LogP contribution >= 0.6 is 92.8 Å². The Bertz CT molecular complexity index is 7050. The van der Waals surface area contributed by atoms with Crippen LogP contribution in [0.1, 0.15) is 121 Å². The number of ether oxygens (including phenoxy) is 9. The maximum atomic E-state index is 13.2. The molecule has 19 rings (SSSR count). The van der Waals surface area contributed by atoms with E-state index in [1.54, 1.807) is 105 Å². The van der Waals surface area contributed by atoms with Gasteiger partial charge in [-0.3, -0.25) is 44.1 Å². The molecule has 1 unspecified atom stereocenters. The monoisotopic (exact) mass is 2130 g/mol. The molecule has 6 N–H and O–H groups in total. The average Bonchev–Trinajstić information content (AvgIpc) is 1.36. The standard InChI is InChI=1S/C29H31Cl2N5O4.C28H29Cl2N5O3.C27H28Cl2N6O3.C21H16Cl2N4O3/c1-29(2)15-36(11-10-33-29)20-9-6-16(12-21(20)38-3)28(37)35-27-17-7-8-18(34-19(17)14-32-27)24-25(30)22(39-4)13-23(40-5)26(24)31;1-34(2)18-11-12-35(15-18)17-7-5-16(6-8-17)28(36)33-27-19-9-10-20(32-21(19)14-31-27)24-25(29)22(37-3)13-23(38-4)26(24)30;1-14-12-35(13-15(2)32-14)22-8-5-16(10-30-22)27(36)34-26-17-6-7-18(33-19(17)11-31-26)23-24(28)20(37-3)9-21(38-4)25(23)29;1-29-15-9-16(30-2)19(23)17(18(15)22)13-4-3-12-14(26-13)10-25-20(12)27-21(28)11-5-7-24-8-6-11/h6-9,12-13,33H,10-11,14-15H2,1-5H3,(H,32,35,37);5-10,13,18H,11-12,14-15H2,1-4H3,(H,31,33,36);5-10,14-15,32H,11-13H2,1-4H3,(H,31,34,36);3-9H,10H2,1-2H3,(H,25,27,28)/t;;14-,15+;. The fourth-order valence-electron chi connectivity index (χ4n) is 17.8. The summed E-state index contributed by atoms with van der Waals surface area (Å²) in [6.07, 6.45) is 5.85. The van der Waals surface area contributed by atoms with Gasteiger partial charge in [0.1, 0.15) is 80.9 Å². The number of halogens is 8. The maximum Gasteiger partial charge on any atom is 0.258 e. The Morgan fingerprint density at radius 2 is 0.719 bits per heavy atom. The molecule has 146 heavy (non-hydrogen) atoms. The topological polar surface area (TPSA) is 363 Å². The summed E-state index contributed by atoms with van der Waals surface area (Å²) in [7, 11) is 18.0. The Morgan fingerprint density at radius 1 is 0.384 bits per heavy atom. The summed E-state index contributed by atoms with van der Waals surface area (Å²) in [5.74, 6) is 5.72. The average molecular weight is 2140 g/mol. The molecule has 3 fully saturated rings. The van der Waals surface area contributed by atoms with E-state index in [0.717, 1.165) is 91.7 Å². The van der Waals surface area contributed by atoms with Crippen molar-refractivity contribution in [3.05, 3.63) is 266 Å². The molecule has 41 heteroatoms. The Kier molecular flexibility index (Phi) is 33.3. The number of amides is 4. The first-order valence-corrected chi connectivity index (χ1v) is 49.2. The lowest BCUT2D eigenvalue weighted by molar-refractivity contribution is 0.0968. The maximum absolute atomic E-state index is 13.2. The van der Waals surface area contributed by atoms with E-state index >= 15 is 0 Å². The molecule has 0 spiro atoms. The van der Waals surface area contributed by atoms with Crippen molar-refractivity contribution in [2.75, 3.05) is 139 Å². The number of benzene rings is 6. The van der Waals surface area contributed by atoms with Gasteiger partial charge in [0.05, 0.1) is 187 Å². The first-order valence-electron chi connectivity index (χ1n) is 46.2. The van der Waals surface area contributed by atoms with E-state index in [0.29, 0.717) is 250 Å². The minimum absolute atomic E-state index is 0.0173. The van der Waals surface area contributed by atoms with Crippen molar-refractivity contribution in [2.24, 2.45) is 20.0 Å². The third-order valence-electron chi connectivity index (χ3n) is 25.3. The highest BCUT2D eigenvalue weighted by Gasteiger charge is 2.35. The van der Waals surface area contributed by atoms with Gasteiger partial charge in [-0.15, -0.1) is 0 Å². The lowest BCUT2D eigenvalue weighted by atomic mass is 10.0. The summed E-state index contributed by atoms with van der Waals surface area (Å²) in [4.78, 5) is 106. The molecule has 0 aliphatic carbocycles. The summed E-state index contributed by atoms with van der Waals surface area (Å²) in [6, 6.07) is 42.5. The number of aliphatic imine (C=N–C) groups is 4. The number of carbonyl (C=O) groups is 4. The number of carbonyl (C=O) groups excluding carboxylic acids is 4. The molecule has 33 nitrogen and oxygen atoms in total. The van der Waals surface area contributed by atoms with E-state index in [1.165, 1.54) is 56.9 Å². The number of methoxy groups -OCH3 is 9. The van der Waals surface area contributed by atoms with E-state index in [2.05, 4.69) is 128 Å². The van der Waals surface area contributed by atoms with Crippen molar-refractivity contribution in [3.63, 3.8) is 0 Å². The fourth-order valence-corrected chi connectivity index (χ4v) is 20.6. The summed E-state index contributed by atoms with van der Waals surface area (Å²) >= 11 is 52.4. The van der Waals surface area contributed by atoms with Crippen LogP contribution in [0.4, 0.5) is 17.2 Å². The lowest BCUT2D eigenvalue weighted by Crippen LogP contribution is -2.57. The summed E-state index contributed by atoms with van der Waals surface area (Å²) in [5.41, 5.74) is 14.0. The summed E-state index contributed by atoms with van der Waals surface area (Å²) in [6.45, 7) is 16.2. The molecule has 7 aliphatic rings. The van der Waals surface area contributed by atoms with E-state index in [9.17, 15) is 19.2 Å². The molecule has 6 aromatic heterocycles. The number of aromatic nitrogens is 6. The number of amidine groups is 4. The molecule has 7 aliphatic heterocycles. The number of likely N-dealkylation sites (N-methyl/N-ethyl adjacent to an activating group) is 1. The number of rotatable bonds is 21. The zero-order chi connectivity index (χ0) is 104. The molecule has 0 bridgehead atoms. The third-order valence-corrected chi connectivity index (χ3v) is 28.3. The van der Waals surface area contributed by atoms with Crippen LogP contribution < -0.4 is 89.2 Å². The normalized spacial score (nSPS) is 15.9. The molecule has 6 aromatic carbocycles. The van der Waals surface area contributed by atoms with Crippen molar-refractivity contribution >= 4 is 157 Å². The van der Waals surface area contributed by atoms with Crippen LogP contribution in [0.15, 0.2) is 178 Å². The molecular weight excluding hydrogens is 2030 g/mol. The second-order valence-corrected chi connectivity index (χ2v) is 38.4. The van der Waals surface area contributed by atoms with Gasteiger partial charge in [-0.2, -0.15) is 0 Å². The van der Waals surface area contributed by atoms with E-state index in [-0.39, 0.29) is 29.2 Å². The van der Waals surface area contributed by atoms with Crippen LogP contribution in [0.2, 0.25) is 40.2 Å². The van der Waals surface area contributed by atoms with Gasteiger partial charge in [-0.25, -0.2) is 24.9 Å². The first-order chi connectivity index (χ1) is 70.3. The van der Waals surface area contributed by atoms with Crippen LogP contribution in [-0.4, -0.2) is 229 Å². The van der Waals surface area contributed by atoms with Gasteiger partial charge in [-0.05, 0) is 163 Å². The second-order valence-electron chi connectivity index (χ2n) is 35.4. The Balaban J connectivity index is 0.000000140. The summed E-state index contributed by atoms with van der Waals surface area (Å²) in [5, 5.41) is 21.3. The predicted molar refractivity (Wildman–Crippen MR) is 573 cm³/mol. The largest absolute Gasteiger partial charge is 0.495 e. The molecule has 3 saturated heterocycles. The van der Waals surface area contributed by atoms with Crippen molar-refractivity contribution in [2.45, 2.75) is 84.0 Å². The van der Waals surface area contributed by atoms with Crippen molar-refractivity contribution < 1.29 is 61.8 Å². The number of anilines is 3. The Hall–Kier alpha value is -13.4. The highest BCUT2D eigenvalue weighted by Crippen LogP contribution is 2.51. The number of hydrogen-bond donors (Lipinski definition) is 6. The van der Waals surface area contributed by atoms with E-state index in [4.69, 9.17) is 150 Å². The lowest BCUT2D eigenvalue weighted by Gasteiger charge is -2.40. The van der Waals surface area contributed by atoms with Gasteiger partial charge >= 0.3 is 0 Å². The number of fused-ring (bicyclic) bond motifs is 4. The SMILES string of the molecule is COc1cc(C(=O)NC2=NCc3nc(-c4c(Cl)c(OC)cc(OC)c4Cl)ccc32)ccc1N1CCNC(C)(C)C1.COc1cc(OC)c(Cl)c(-c2ccc3c(n2)CN=C3NC(=O)c2ccc(N3CCC(N(C)C)C3)cc2)c1Cl.COc1cc(OC)c(Cl)c(-c2ccc3c(n2)CN=C3NC(=O)c2ccc(N3C[C@@H](C)N[C@@H](C)C3)nc2)c1Cl.COc1cc(OC)c(Cl)c(-c2ccc3c(n2)CN=C3NC(=O)c2ccncc2)c1Cl. The Morgan fingerprint density at radius 3 is 1.05 bits per heavy atom. The van der Waals surface area contributed by atoms with E-state index in [1.807, 2.05) is 60.7 Å². The second kappa shape index (κ2) is 46.1. The van der Waals surface area contributed by atoms with Gasteiger partial charge in [-0.1, -0.05) is 92.8 Å². The van der Waals surface area contributed by atoms with Crippen molar-refractivity contribution in [1.29, 1.82) is 0 Å². The molecule has 3 atom stereocenters. The van der Waals surface area contributed by atoms with Gasteiger partial charge < -0.3 is 94.1 Å². The number of nitrogens with zero attached hydrogens (tertiary/aromatic N) is 14. The molecule has 13 heterocycles. The minimum Gasteiger partial charge on any atom is -0.495 e. The quantitative estimate of drug-likeness (QED) is 0.0389. The fraction of sp³-hybridized carbons (Fsp3) is 0.295. The van der Waals surface area contributed by atoms with Gasteiger partial charge in [0.15, 0.2) is 0 Å². The molecule has 0 radical (unpaired) electrons. The Labute approximate surface area is 884 Å². The molecule has 0 saturated carbocycles. The van der Waals surface area contributed by atoms with Crippen LogP contribution in [0.3, 0.4) is 0 Å². The number of hydrogen-bond acceptors (Lipinski definition) is 29. The first kappa shape index (κ1) is 105. The van der Waals surface area contributed by atoms with Gasteiger partial charge in [0.25, 0.3) is 23.6 Å². The van der Waals surface area contributed by atoms with Crippen molar-refractivity contribution in [3.8, 4) is 96.8 Å². The highest BCUT2D eigenvalue weighted by molar-refractivity contribution is 6.43. The van der Waals surface area contributed by atoms with Gasteiger partial charge in [0.2, 0.25) is 0 Å². The zero-order valence-corrected chi connectivity index (χ0v) is 88.4. The van der Waals surface area contributed by atoms with Crippen LogP contribution in [-0.2, 0) is 26.2 Å². The van der Waals surface area contributed by atoms with E-state index < -0.39 is 0 Å². The zero-order valence-electron chi connectivity index (χ0n) is 82.3. The minimum atomic E-state index is -0.287. The molecule has 758 valence electrons. The smallest absolute Gasteiger partial charge is 0.258 e. The number of piperazine rings is 2. The highest BCUT2D eigenvalue weighted by atomic mass is 35.5. The predicted octanol–water partition coefficient (Wildman–Crippen LogP) is 18.4. The van der Waals surface area contributed by atoms with Crippen LogP contribution in [0, 0.1) is 0 Å². The number of nitrogens with one attached hydrogen (secondary N) is 6. The third kappa shape index (κ3) is 22.7. The molecule has 4 amide bonds. The van der Waals surface area contributed by atoms with Crippen LogP contribution in [0.5, 0.6) is 51.7 Å². The molecule has 12 aromatic rings. The summed E-state index contributed by atoms with van der Waals surface area (Å²) < 4.78 is 48.6. The van der Waals surface area contributed by atoms with Crippen molar-refractivity contribution in [1.82, 2.24) is 66.7 Å². The van der Waals surface area contributed by atoms with Crippen LogP contribution in [0.25, 0.3) is 45.0 Å².